The van der Waals surface area contributed by atoms with Gasteiger partial charge in [-0.25, -0.2) is 0 Å². The monoisotopic (exact) mass is 223 g/mol. The highest BCUT2D eigenvalue weighted by Crippen LogP contribution is 2.35. The molecule has 1 saturated heterocycles. The number of hydrogen-bond donors (Lipinski definition) is 1. The molecule has 1 aliphatic heterocycles. The zero-order valence-corrected chi connectivity index (χ0v) is 9.64. The van der Waals surface area contributed by atoms with Crippen molar-refractivity contribution in [1.29, 1.82) is 0 Å². The summed E-state index contributed by atoms with van der Waals surface area (Å²) in [5.41, 5.74) is -1.02. The molecule has 0 bridgehead atoms. The number of hydrogen-bond acceptors (Lipinski definition) is 3. The van der Waals surface area contributed by atoms with Crippen molar-refractivity contribution in [3.05, 3.63) is 12.2 Å². The molecule has 2 amide bonds. The van der Waals surface area contributed by atoms with Crippen molar-refractivity contribution in [2.24, 2.45) is 11.8 Å². The second-order valence-corrected chi connectivity index (χ2v) is 5.23. The molecule has 0 radical (unpaired) electrons. The van der Waals surface area contributed by atoms with Crippen LogP contribution in [0.3, 0.4) is 0 Å². The Bertz CT molecular complexity index is 328. The fourth-order valence-electron chi connectivity index (χ4n) is 2.41. The van der Waals surface area contributed by atoms with Crippen LogP contribution < -0.4 is 0 Å². The lowest BCUT2D eigenvalue weighted by atomic mass is 9.85. The third-order valence-corrected chi connectivity index (χ3v) is 3.14. The van der Waals surface area contributed by atoms with Crippen molar-refractivity contribution in [3.63, 3.8) is 0 Å². The van der Waals surface area contributed by atoms with Crippen LogP contribution in [0.25, 0.3) is 0 Å². The summed E-state index contributed by atoms with van der Waals surface area (Å²) in [4.78, 5) is 25.2. The van der Waals surface area contributed by atoms with Gasteiger partial charge < -0.3 is 5.11 Å². The molecule has 1 fully saturated rings. The Hall–Kier alpha value is -1.16. The lowest BCUT2D eigenvalue weighted by Gasteiger charge is -2.24. The Labute approximate surface area is 94.9 Å². The Morgan fingerprint density at radius 1 is 1.25 bits per heavy atom. The third kappa shape index (κ3) is 1.89. The molecule has 88 valence electrons. The molecule has 4 heteroatoms. The second-order valence-electron chi connectivity index (χ2n) is 5.23. The summed E-state index contributed by atoms with van der Waals surface area (Å²) in [5.74, 6) is -0.636. The van der Waals surface area contributed by atoms with Crippen molar-refractivity contribution >= 4 is 11.8 Å². The zero-order chi connectivity index (χ0) is 11.9. The van der Waals surface area contributed by atoms with Crippen LogP contribution in [-0.4, -0.2) is 34.0 Å². The average molecular weight is 223 g/mol. The van der Waals surface area contributed by atoms with E-state index in [9.17, 15) is 14.7 Å². The lowest BCUT2D eigenvalue weighted by molar-refractivity contribution is -0.143. The molecule has 2 aliphatic rings. The van der Waals surface area contributed by atoms with Gasteiger partial charge >= 0.3 is 0 Å². The van der Waals surface area contributed by atoms with E-state index < -0.39 is 5.60 Å². The molecule has 1 aliphatic carbocycles. The van der Waals surface area contributed by atoms with Gasteiger partial charge in [0.1, 0.15) is 0 Å². The van der Waals surface area contributed by atoms with Crippen molar-refractivity contribution < 1.29 is 14.7 Å². The largest absolute Gasteiger partial charge is 0.389 e. The van der Waals surface area contributed by atoms with Crippen LogP contribution in [0.4, 0.5) is 0 Å². The highest BCUT2D eigenvalue weighted by Gasteiger charge is 2.48. The predicted molar refractivity (Wildman–Crippen MR) is 58.4 cm³/mol. The lowest BCUT2D eigenvalue weighted by Crippen LogP contribution is -2.42. The minimum Gasteiger partial charge on any atom is -0.389 e. The molecule has 1 heterocycles. The van der Waals surface area contributed by atoms with Crippen molar-refractivity contribution in [2.45, 2.75) is 32.3 Å². The van der Waals surface area contributed by atoms with Crippen LogP contribution in [0.2, 0.25) is 0 Å². The molecule has 2 atom stereocenters. The SMILES string of the molecule is CC(C)(O)CN1C(=O)C2CC=CCC2C1=O. The summed E-state index contributed by atoms with van der Waals surface area (Å²) in [5, 5.41) is 9.69. The first-order valence-corrected chi connectivity index (χ1v) is 5.63. The number of rotatable bonds is 2. The number of amides is 2. The summed E-state index contributed by atoms with van der Waals surface area (Å²) in [6.45, 7) is 3.30. The molecular formula is C12H17NO3. The molecule has 16 heavy (non-hydrogen) atoms. The van der Waals surface area contributed by atoms with E-state index in [4.69, 9.17) is 0 Å². The Balaban J connectivity index is 2.18. The number of fused-ring (bicyclic) bond motifs is 1. The molecule has 4 nitrogen and oxygen atoms in total. The van der Waals surface area contributed by atoms with E-state index in [2.05, 4.69) is 0 Å². The van der Waals surface area contributed by atoms with E-state index >= 15 is 0 Å². The van der Waals surface area contributed by atoms with Gasteiger partial charge in [0.2, 0.25) is 11.8 Å². The molecule has 0 aromatic carbocycles. The Morgan fingerprint density at radius 2 is 1.69 bits per heavy atom. The maximum Gasteiger partial charge on any atom is 0.233 e. The van der Waals surface area contributed by atoms with Gasteiger partial charge in [0.15, 0.2) is 0 Å². The van der Waals surface area contributed by atoms with Gasteiger partial charge in [-0.2, -0.15) is 0 Å². The second kappa shape index (κ2) is 3.70. The first-order valence-electron chi connectivity index (χ1n) is 5.63. The van der Waals surface area contributed by atoms with Gasteiger partial charge in [0, 0.05) is 0 Å². The number of carbonyl (C=O) groups excluding carboxylic acids is 2. The molecule has 0 aromatic heterocycles. The molecule has 0 spiro atoms. The van der Waals surface area contributed by atoms with Gasteiger partial charge in [-0.1, -0.05) is 12.2 Å². The Morgan fingerprint density at radius 3 is 2.06 bits per heavy atom. The van der Waals surface area contributed by atoms with Gasteiger partial charge in [-0.05, 0) is 26.7 Å². The fraction of sp³-hybridized carbons (Fsp3) is 0.667. The number of nitrogens with zero attached hydrogens (tertiary/aromatic N) is 1. The van der Waals surface area contributed by atoms with Gasteiger partial charge in [-0.3, -0.25) is 14.5 Å². The standard InChI is InChI=1S/C12H17NO3/c1-12(2,16)7-13-10(14)8-5-3-4-6-9(8)11(13)15/h3-4,8-9,16H,5-7H2,1-2H3. The van der Waals surface area contributed by atoms with Crippen LogP contribution in [0.15, 0.2) is 12.2 Å². The van der Waals surface area contributed by atoms with Crippen LogP contribution in [-0.2, 0) is 9.59 Å². The van der Waals surface area contributed by atoms with E-state index in [0.717, 1.165) is 0 Å². The fourth-order valence-corrected chi connectivity index (χ4v) is 2.41. The molecule has 2 rings (SSSR count). The van der Waals surface area contributed by atoms with Crippen LogP contribution in [0.5, 0.6) is 0 Å². The van der Waals surface area contributed by atoms with Gasteiger partial charge in [0.25, 0.3) is 0 Å². The highest BCUT2D eigenvalue weighted by atomic mass is 16.3. The maximum atomic E-state index is 12.0. The van der Waals surface area contributed by atoms with Crippen molar-refractivity contribution in [1.82, 2.24) is 4.90 Å². The van der Waals surface area contributed by atoms with E-state index in [0.29, 0.717) is 12.8 Å². The summed E-state index contributed by atoms with van der Waals surface area (Å²) in [6.07, 6.45) is 5.22. The number of aliphatic hydroxyl groups is 1. The topological polar surface area (TPSA) is 57.6 Å². The normalized spacial score (nSPS) is 29.8. The summed E-state index contributed by atoms with van der Waals surface area (Å²) < 4.78 is 0. The highest BCUT2D eigenvalue weighted by molar-refractivity contribution is 6.05. The quantitative estimate of drug-likeness (QED) is 0.554. The summed E-state index contributed by atoms with van der Waals surface area (Å²) in [7, 11) is 0. The maximum absolute atomic E-state index is 12.0. The molecular weight excluding hydrogens is 206 g/mol. The first kappa shape index (κ1) is 11.3. The molecule has 0 aromatic rings. The van der Waals surface area contributed by atoms with E-state index in [1.807, 2.05) is 12.2 Å². The average Bonchev–Trinajstić information content (AvgIpc) is 2.43. The van der Waals surface area contributed by atoms with Crippen LogP contribution in [0, 0.1) is 11.8 Å². The van der Waals surface area contributed by atoms with Crippen LogP contribution >= 0.6 is 0 Å². The first-order chi connectivity index (χ1) is 7.40. The van der Waals surface area contributed by atoms with Crippen molar-refractivity contribution in [3.8, 4) is 0 Å². The van der Waals surface area contributed by atoms with E-state index in [-0.39, 0.29) is 30.2 Å². The minimum atomic E-state index is -1.02. The smallest absolute Gasteiger partial charge is 0.233 e. The number of β-amino-alcohol motifs (C(OH)–C–C–N with tert-alkyl or cyclic N) is 1. The van der Waals surface area contributed by atoms with Gasteiger partial charge in [-0.15, -0.1) is 0 Å². The van der Waals surface area contributed by atoms with Crippen LogP contribution in [0.1, 0.15) is 26.7 Å². The van der Waals surface area contributed by atoms with E-state index in [1.165, 1.54) is 4.90 Å². The summed E-state index contributed by atoms with van der Waals surface area (Å²) in [6, 6.07) is 0. The Kier molecular flexibility index (Phi) is 2.62. The summed E-state index contributed by atoms with van der Waals surface area (Å²) >= 11 is 0. The van der Waals surface area contributed by atoms with Crippen molar-refractivity contribution in [2.75, 3.05) is 6.54 Å². The van der Waals surface area contributed by atoms with E-state index in [1.54, 1.807) is 13.8 Å². The predicted octanol–water partition coefficient (Wildman–Crippen LogP) is 0.708. The molecule has 0 saturated carbocycles. The minimum absolute atomic E-state index is 0.0949. The van der Waals surface area contributed by atoms with Gasteiger partial charge in [0.05, 0.1) is 24.0 Å². The molecule has 1 N–H and O–H groups in total. The number of likely N-dealkylation sites (tertiary alicyclic amines) is 1. The number of allylic oxidation sites excluding steroid dienone is 2. The third-order valence-electron chi connectivity index (χ3n) is 3.14. The zero-order valence-electron chi connectivity index (χ0n) is 9.64. The molecule has 2 unspecified atom stereocenters. The number of imide groups is 1. The number of carbonyl (C=O) groups is 2.